The van der Waals surface area contributed by atoms with Crippen molar-refractivity contribution in [2.24, 2.45) is 0 Å². The molecule has 0 saturated carbocycles. The Labute approximate surface area is 205 Å². The van der Waals surface area contributed by atoms with Gasteiger partial charge in [0.2, 0.25) is 5.91 Å². The number of β-amino-alcohol motifs (C(OH)–C–C–N with tert-alkyl or cyclic N) is 1. The molecule has 1 fully saturated rings. The number of pyridine rings is 1. The molecule has 1 aliphatic heterocycles. The van der Waals surface area contributed by atoms with Crippen molar-refractivity contribution >= 4 is 23.2 Å². The summed E-state index contributed by atoms with van der Waals surface area (Å²) < 4.78 is 3.40. The molecule has 4 aromatic rings. The number of nitrogens with zero attached hydrogens (tertiary/aromatic N) is 7. The maximum absolute atomic E-state index is 12.4. The van der Waals surface area contributed by atoms with Crippen LogP contribution < -0.4 is 0 Å². The van der Waals surface area contributed by atoms with E-state index >= 15 is 0 Å². The zero-order chi connectivity index (χ0) is 24.4. The second kappa shape index (κ2) is 9.63. The number of aliphatic hydroxyl groups excluding tert-OH is 1. The first-order chi connectivity index (χ1) is 17.1. The average Bonchev–Trinajstić information content (AvgIpc) is 3.62. The minimum absolute atomic E-state index is 0.00966. The third kappa shape index (κ3) is 4.62. The number of amides is 1. The molecule has 0 bridgehead atoms. The Bertz CT molecular complexity index is 1490. The predicted molar refractivity (Wildman–Crippen MR) is 128 cm³/mol. The van der Waals surface area contributed by atoms with Crippen LogP contribution in [0.2, 0.25) is 0 Å². The van der Waals surface area contributed by atoms with Crippen molar-refractivity contribution in [3.05, 3.63) is 66.2 Å². The van der Waals surface area contributed by atoms with Gasteiger partial charge in [-0.1, -0.05) is 23.9 Å². The van der Waals surface area contributed by atoms with E-state index in [2.05, 4.69) is 22.3 Å². The Balaban J connectivity index is 1.42. The molecular weight excluding hydrogens is 462 g/mol. The fraction of sp³-hybridized carbons (Fsp3) is 0.240. The van der Waals surface area contributed by atoms with Crippen molar-refractivity contribution < 1.29 is 9.90 Å². The van der Waals surface area contributed by atoms with Gasteiger partial charge in [-0.3, -0.25) is 9.48 Å². The van der Waals surface area contributed by atoms with Crippen LogP contribution in [-0.2, 0) is 11.3 Å². The molecule has 0 unspecified atom stereocenters. The van der Waals surface area contributed by atoms with Crippen molar-refractivity contribution in [2.45, 2.75) is 35.3 Å². The highest BCUT2D eigenvalue weighted by Gasteiger charge is 2.24. The third-order valence-corrected chi connectivity index (χ3v) is 7.07. The number of rotatable bonds is 6. The largest absolute Gasteiger partial charge is 0.391 e. The lowest BCUT2D eigenvalue weighted by Gasteiger charge is -2.15. The van der Waals surface area contributed by atoms with Crippen molar-refractivity contribution in [3.63, 3.8) is 0 Å². The summed E-state index contributed by atoms with van der Waals surface area (Å²) in [5.41, 5.74) is 3.39. The van der Waals surface area contributed by atoms with E-state index in [1.807, 2.05) is 36.7 Å². The molecule has 1 aromatic carbocycles. The minimum Gasteiger partial charge on any atom is -0.391 e. The van der Waals surface area contributed by atoms with Gasteiger partial charge in [0.15, 0.2) is 0 Å². The lowest BCUT2D eigenvalue weighted by molar-refractivity contribution is -0.130. The van der Waals surface area contributed by atoms with Crippen LogP contribution in [0.3, 0.4) is 0 Å². The van der Waals surface area contributed by atoms with Crippen molar-refractivity contribution in [3.8, 4) is 23.3 Å². The second-order valence-corrected chi connectivity index (χ2v) is 9.37. The quantitative estimate of drug-likeness (QED) is 0.447. The molecule has 10 heteroatoms. The number of likely N-dealkylation sites (tertiary alicyclic amines) is 1. The molecule has 1 N–H and O–H groups in total. The Kier molecular flexibility index (Phi) is 6.23. The zero-order valence-electron chi connectivity index (χ0n) is 18.7. The number of carbonyl (C=O) groups is 1. The molecular formula is C25H21N7O2S. The van der Waals surface area contributed by atoms with Gasteiger partial charge in [0.05, 0.1) is 35.1 Å². The molecule has 1 saturated heterocycles. The standard InChI is InChI=1S/C25H21N7O2S/c26-10-17-3-1-2-4-22(17)35-23-9-18(15-32-25(23)19(11-27)12-29-32)20-13-28-31(14-20)8-6-24(34)30-7-5-21(33)16-30/h1-4,9,12-15,21,33H,5-8,16H2/t21-/m0/s1. The number of carbonyl (C=O) groups excluding carboxylic acids is 1. The molecule has 35 heavy (non-hydrogen) atoms. The van der Waals surface area contributed by atoms with Gasteiger partial charge in [-0.15, -0.1) is 0 Å². The van der Waals surface area contributed by atoms with Crippen LogP contribution in [0.1, 0.15) is 24.0 Å². The number of benzene rings is 1. The highest BCUT2D eigenvalue weighted by molar-refractivity contribution is 7.99. The van der Waals surface area contributed by atoms with E-state index in [0.29, 0.717) is 49.1 Å². The van der Waals surface area contributed by atoms with Crippen LogP contribution in [0.4, 0.5) is 0 Å². The SMILES string of the molecule is N#Cc1ccccc1Sc1cc(-c2cnn(CCC(=O)N3CC[C@H](O)C3)c2)cn2ncc(C#N)c12. The van der Waals surface area contributed by atoms with Crippen LogP contribution in [0.25, 0.3) is 16.6 Å². The number of hydrogen-bond acceptors (Lipinski definition) is 7. The summed E-state index contributed by atoms with van der Waals surface area (Å²) in [5, 5.41) is 37.5. The first-order valence-corrected chi connectivity index (χ1v) is 11.9. The average molecular weight is 484 g/mol. The van der Waals surface area contributed by atoms with E-state index in [9.17, 15) is 20.4 Å². The fourth-order valence-electron chi connectivity index (χ4n) is 4.14. The maximum atomic E-state index is 12.4. The molecule has 1 atom stereocenters. The van der Waals surface area contributed by atoms with Gasteiger partial charge in [0, 0.05) is 59.4 Å². The summed E-state index contributed by atoms with van der Waals surface area (Å²) >= 11 is 1.41. The molecule has 1 aliphatic rings. The summed E-state index contributed by atoms with van der Waals surface area (Å²) in [7, 11) is 0. The zero-order valence-corrected chi connectivity index (χ0v) is 19.5. The molecule has 9 nitrogen and oxygen atoms in total. The smallest absolute Gasteiger partial charge is 0.224 e. The van der Waals surface area contributed by atoms with Crippen molar-refractivity contribution in [1.29, 1.82) is 10.5 Å². The summed E-state index contributed by atoms with van der Waals surface area (Å²) in [6, 6.07) is 13.7. The van der Waals surface area contributed by atoms with E-state index in [-0.39, 0.29) is 5.91 Å². The van der Waals surface area contributed by atoms with Crippen molar-refractivity contribution in [2.75, 3.05) is 13.1 Å². The molecule has 3 aromatic heterocycles. The van der Waals surface area contributed by atoms with Crippen LogP contribution in [0.15, 0.2) is 64.9 Å². The molecule has 1 amide bonds. The first-order valence-electron chi connectivity index (χ1n) is 11.1. The Morgan fingerprint density at radius 1 is 1.09 bits per heavy atom. The van der Waals surface area contributed by atoms with Gasteiger partial charge in [0.25, 0.3) is 0 Å². The molecule has 5 rings (SSSR count). The first kappa shape index (κ1) is 22.7. The van der Waals surface area contributed by atoms with E-state index in [1.54, 1.807) is 26.4 Å². The normalized spacial score (nSPS) is 15.3. The lowest BCUT2D eigenvalue weighted by atomic mass is 10.1. The van der Waals surface area contributed by atoms with Gasteiger partial charge in [-0.05, 0) is 24.6 Å². The Morgan fingerprint density at radius 3 is 2.69 bits per heavy atom. The fourth-order valence-corrected chi connectivity index (χ4v) is 5.23. The number of hydrogen-bond donors (Lipinski definition) is 1. The Morgan fingerprint density at radius 2 is 1.91 bits per heavy atom. The summed E-state index contributed by atoms with van der Waals surface area (Å²) in [4.78, 5) is 15.7. The van der Waals surface area contributed by atoms with Gasteiger partial charge in [0.1, 0.15) is 12.1 Å². The molecule has 4 heterocycles. The summed E-state index contributed by atoms with van der Waals surface area (Å²) in [6.07, 6.45) is 7.49. The van der Waals surface area contributed by atoms with Crippen molar-refractivity contribution in [1.82, 2.24) is 24.3 Å². The van der Waals surface area contributed by atoms with Crippen LogP contribution in [0.5, 0.6) is 0 Å². The minimum atomic E-state index is -0.429. The van der Waals surface area contributed by atoms with Gasteiger partial charge in [-0.25, -0.2) is 4.52 Å². The lowest BCUT2D eigenvalue weighted by Crippen LogP contribution is -2.30. The maximum Gasteiger partial charge on any atom is 0.224 e. The Hall–Kier alpha value is -4.12. The van der Waals surface area contributed by atoms with E-state index in [4.69, 9.17) is 0 Å². The third-order valence-electron chi connectivity index (χ3n) is 5.96. The van der Waals surface area contributed by atoms with Crippen LogP contribution in [-0.4, -0.2) is 54.5 Å². The number of nitriles is 2. The molecule has 0 spiro atoms. The topological polar surface area (TPSA) is 123 Å². The molecule has 0 radical (unpaired) electrons. The molecule has 0 aliphatic carbocycles. The number of aliphatic hydroxyl groups is 1. The van der Waals surface area contributed by atoms with E-state index in [1.165, 1.54) is 18.0 Å². The molecule has 174 valence electrons. The highest BCUT2D eigenvalue weighted by atomic mass is 32.2. The monoisotopic (exact) mass is 483 g/mol. The summed E-state index contributed by atoms with van der Waals surface area (Å²) in [6.45, 7) is 1.42. The number of aromatic nitrogens is 4. The predicted octanol–water partition coefficient (Wildman–Crippen LogP) is 3.08. The van der Waals surface area contributed by atoms with Gasteiger partial charge in [-0.2, -0.15) is 20.7 Å². The highest BCUT2D eigenvalue weighted by Crippen LogP contribution is 2.37. The van der Waals surface area contributed by atoms with Gasteiger partial charge >= 0.3 is 0 Å². The second-order valence-electron chi connectivity index (χ2n) is 8.29. The van der Waals surface area contributed by atoms with E-state index in [0.717, 1.165) is 20.9 Å². The van der Waals surface area contributed by atoms with Crippen LogP contribution in [0, 0.1) is 22.7 Å². The number of aryl methyl sites for hydroxylation is 1. The van der Waals surface area contributed by atoms with Gasteiger partial charge < -0.3 is 10.0 Å². The summed E-state index contributed by atoms with van der Waals surface area (Å²) in [5.74, 6) is 0.00966. The number of fused-ring (bicyclic) bond motifs is 1. The van der Waals surface area contributed by atoms with E-state index < -0.39 is 6.10 Å². The van der Waals surface area contributed by atoms with Crippen LogP contribution >= 0.6 is 11.8 Å².